The lowest BCUT2D eigenvalue weighted by atomic mass is 10.0. The van der Waals surface area contributed by atoms with Crippen LogP contribution < -0.4 is 0 Å². The van der Waals surface area contributed by atoms with Gasteiger partial charge in [-0.25, -0.2) is 4.98 Å². The number of ether oxygens (including phenoxy) is 1. The molecule has 0 bridgehead atoms. The number of rotatable bonds is 2. The second kappa shape index (κ2) is 4.73. The van der Waals surface area contributed by atoms with E-state index in [9.17, 15) is 0 Å². The Morgan fingerprint density at radius 2 is 2.11 bits per heavy atom. The standard InChI is InChI=1S/C15H20N2O/c1-11(2)14-10-17(12-5-8-18-9-6-12)15-13(14)4-3-7-16-15/h3-4,7,10-12H,5-6,8-9H2,1-2H3. The molecule has 0 saturated carbocycles. The van der Waals surface area contributed by atoms with Crippen molar-refractivity contribution in [3.8, 4) is 0 Å². The zero-order valence-electron chi connectivity index (χ0n) is 11.1. The Morgan fingerprint density at radius 1 is 1.33 bits per heavy atom. The molecule has 0 spiro atoms. The topological polar surface area (TPSA) is 27.1 Å². The van der Waals surface area contributed by atoms with Crippen molar-refractivity contribution in [2.75, 3.05) is 13.2 Å². The Bertz CT molecular complexity index is 538. The van der Waals surface area contributed by atoms with Crippen molar-refractivity contribution in [3.63, 3.8) is 0 Å². The molecule has 0 aromatic carbocycles. The van der Waals surface area contributed by atoms with Crippen molar-refractivity contribution in [1.82, 2.24) is 9.55 Å². The van der Waals surface area contributed by atoms with E-state index in [0.717, 1.165) is 31.7 Å². The molecule has 0 radical (unpaired) electrons. The summed E-state index contributed by atoms with van der Waals surface area (Å²) in [5.74, 6) is 0.540. The largest absolute Gasteiger partial charge is 0.381 e. The van der Waals surface area contributed by atoms with Gasteiger partial charge in [0.1, 0.15) is 5.65 Å². The molecule has 3 rings (SSSR count). The fraction of sp³-hybridized carbons (Fsp3) is 0.533. The first-order chi connectivity index (χ1) is 8.77. The van der Waals surface area contributed by atoms with E-state index in [-0.39, 0.29) is 0 Å². The Labute approximate surface area is 108 Å². The van der Waals surface area contributed by atoms with Crippen LogP contribution in [-0.4, -0.2) is 22.8 Å². The van der Waals surface area contributed by atoms with Gasteiger partial charge in [0.05, 0.1) is 0 Å². The number of fused-ring (bicyclic) bond motifs is 1. The van der Waals surface area contributed by atoms with Crippen LogP contribution in [0.25, 0.3) is 11.0 Å². The van der Waals surface area contributed by atoms with Crippen molar-refractivity contribution in [1.29, 1.82) is 0 Å². The van der Waals surface area contributed by atoms with E-state index in [4.69, 9.17) is 4.74 Å². The van der Waals surface area contributed by atoms with E-state index >= 15 is 0 Å². The second-order valence-electron chi connectivity index (χ2n) is 5.36. The lowest BCUT2D eigenvalue weighted by Crippen LogP contribution is -2.19. The van der Waals surface area contributed by atoms with E-state index in [1.165, 1.54) is 10.9 Å². The third-order valence-electron chi connectivity index (χ3n) is 3.83. The highest BCUT2D eigenvalue weighted by molar-refractivity contribution is 5.81. The number of aromatic nitrogens is 2. The molecule has 1 fully saturated rings. The molecule has 0 unspecified atom stereocenters. The summed E-state index contributed by atoms with van der Waals surface area (Å²) in [6.45, 7) is 6.23. The smallest absolute Gasteiger partial charge is 0.140 e. The average molecular weight is 244 g/mol. The zero-order chi connectivity index (χ0) is 12.5. The Balaban J connectivity index is 2.10. The van der Waals surface area contributed by atoms with Crippen LogP contribution in [0.3, 0.4) is 0 Å². The van der Waals surface area contributed by atoms with Gasteiger partial charge in [0.25, 0.3) is 0 Å². The Kier molecular flexibility index (Phi) is 3.08. The van der Waals surface area contributed by atoms with Crippen LogP contribution in [0.4, 0.5) is 0 Å². The first-order valence-corrected chi connectivity index (χ1v) is 6.80. The van der Waals surface area contributed by atoms with Gasteiger partial charge in [-0.1, -0.05) is 13.8 Å². The van der Waals surface area contributed by atoms with Gasteiger partial charge in [-0.3, -0.25) is 0 Å². The van der Waals surface area contributed by atoms with Crippen molar-refractivity contribution in [3.05, 3.63) is 30.1 Å². The SMILES string of the molecule is CC(C)c1cn(C2CCOCC2)c2ncccc12. The van der Waals surface area contributed by atoms with Crippen LogP contribution in [0, 0.1) is 0 Å². The molecule has 3 heterocycles. The van der Waals surface area contributed by atoms with Gasteiger partial charge in [-0.05, 0) is 36.5 Å². The summed E-state index contributed by atoms with van der Waals surface area (Å²) >= 11 is 0. The normalized spacial score (nSPS) is 17.7. The van der Waals surface area contributed by atoms with E-state index < -0.39 is 0 Å². The summed E-state index contributed by atoms with van der Waals surface area (Å²) in [6.07, 6.45) is 6.39. The predicted molar refractivity (Wildman–Crippen MR) is 72.9 cm³/mol. The molecular weight excluding hydrogens is 224 g/mol. The predicted octanol–water partition coefficient (Wildman–Crippen LogP) is 3.51. The molecule has 0 aliphatic carbocycles. The maximum absolute atomic E-state index is 5.45. The fourth-order valence-electron chi connectivity index (χ4n) is 2.81. The van der Waals surface area contributed by atoms with E-state index in [1.54, 1.807) is 0 Å². The number of pyridine rings is 1. The minimum atomic E-state index is 0.540. The van der Waals surface area contributed by atoms with Crippen LogP contribution in [0.5, 0.6) is 0 Å². The third kappa shape index (κ3) is 1.93. The lowest BCUT2D eigenvalue weighted by molar-refractivity contribution is 0.0705. The summed E-state index contributed by atoms with van der Waals surface area (Å²) in [5, 5.41) is 1.30. The number of hydrogen-bond donors (Lipinski definition) is 0. The molecule has 2 aromatic rings. The van der Waals surface area contributed by atoms with E-state index in [2.05, 4.69) is 35.7 Å². The van der Waals surface area contributed by atoms with Crippen LogP contribution in [0.1, 0.15) is 44.2 Å². The molecule has 96 valence electrons. The molecule has 18 heavy (non-hydrogen) atoms. The maximum Gasteiger partial charge on any atom is 0.140 e. The van der Waals surface area contributed by atoms with Gasteiger partial charge in [0.2, 0.25) is 0 Å². The quantitative estimate of drug-likeness (QED) is 0.808. The van der Waals surface area contributed by atoms with Crippen molar-refractivity contribution >= 4 is 11.0 Å². The monoisotopic (exact) mass is 244 g/mol. The van der Waals surface area contributed by atoms with Gasteiger partial charge >= 0.3 is 0 Å². The van der Waals surface area contributed by atoms with E-state index in [1.807, 2.05) is 12.3 Å². The highest BCUT2D eigenvalue weighted by Crippen LogP contribution is 2.31. The van der Waals surface area contributed by atoms with Gasteiger partial charge < -0.3 is 9.30 Å². The van der Waals surface area contributed by atoms with Gasteiger partial charge in [0.15, 0.2) is 0 Å². The van der Waals surface area contributed by atoms with Crippen molar-refractivity contribution in [2.24, 2.45) is 0 Å². The average Bonchev–Trinajstić information content (AvgIpc) is 2.79. The molecule has 0 atom stereocenters. The summed E-state index contributed by atoms with van der Waals surface area (Å²) < 4.78 is 7.82. The number of hydrogen-bond acceptors (Lipinski definition) is 2. The minimum absolute atomic E-state index is 0.540. The van der Waals surface area contributed by atoms with E-state index in [0.29, 0.717) is 12.0 Å². The molecule has 3 heteroatoms. The summed E-state index contributed by atoms with van der Waals surface area (Å²) in [7, 11) is 0. The lowest BCUT2D eigenvalue weighted by Gasteiger charge is -2.24. The molecule has 3 nitrogen and oxygen atoms in total. The molecule has 0 amide bonds. The fourth-order valence-corrected chi connectivity index (χ4v) is 2.81. The zero-order valence-corrected chi connectivity index (χ0v) is 11.1. The first kappa shape index (κ1) is 11.7. The summed E-state index contributed by atoms with van der Waals surface area (Å²) in [6, 6.07) is 4.76. The molecule has 1 saturated heterocycles. The van der Waals surface area contributed by atoms with Gasteiger partial charge in [0, 0.05) is 37.0 Å². The molecule has 0 N–H and O–H groups in total. The minimum Gasteiger partial charge on any atom is -0.381 e. The van der Waals surface area contributed by atoms with Gasteiger partial charge in [-0.15, -0.1) is 0 Å². The molecule has 2 aromatic heterocycles. The Hall–Kier alpha value is -1.35. The summed E-state index contributed by atoms with van der Waals surface area (Å²) in [5.41, 5.74) is 2.54. The highest BCUT2D eigenvalue weighted by Gasteiger charge is 2.20. The van der Waals surface area contributed by atoms with Crippen LogP contribution in [0.15, 0.2) is 24.5 Å². The van der Waals surface area contributed by atoms with Crippen molar-refractivity contribution in [2.45, 2.75) is 38.6 Å². The Morgan fingerprint density at radius 3 is 2.83 bits per heavy atom. The maximum atomic E-state index is 5.45. The van der Waals surface area contributed by atoms with Crippen LogP contribution >= 0.6 is 0 Å². The molecular formula is C15H20N2O. The third-order valence-corrected chi connectivity index (χ3v) is 3.83. The first-order valence-electron chi connectivity index (χ1n) is 6.80. The van der Waals surface area contributed by atoms with Crippen LogP contribution in [-0.2, 0) is 4.74 Å². The van der Waals surface area contributed by atoms with Crippen molar-refractivity contribution < 1.29 is 4.74 Å². The van der Waals surface area contributed by atoms with Crippen LogP contribution in [0.2, 0.25) is 0 Å². The molecule has 1 aliphatic rings. The summed E-state index contributed by atoms with van der Waals surface area (Å²) in [4.78, 5) is 4.58. The van der Waals surface area contributed by atoms with Gasteiger partial charge in [-0.2, -0.15) is 0 Å². The number of nitrogens with zero attached hydrogens (tertiary/aromatic N) is 2. The highest BCUT2D eigenvalue weighted by atomic mass is 16.5. The second-order valence-corrected chi connectivity index (χ2v) is 5.36. The molecule has 1 aliphatic heterocycles.